The SMILES string of the molecule is CCCCOc1ccc(N2C(=O)[C@@H]3C4c5ccccc5C(c5ccccc54)[C@@H]3C2=O)cc1. The minimum Gasteiger partial charge on any atom is -0.494 e. The van der Waals surface area contributed by atoms with Gasteiger partial charge in [0, 0.05) is 11.8 Å². The van der Waals surface area contributed by atoms with E-state index in [-0.39, 0.29) is 35.5 Å². The Kier molecular flexibility index (Phi) is 4.42. The topological polar surface area (TPSA) is 46.6 Å². The van der Waals surface area contributed by atoms with Crippen molar-refractivity contribution in [1.82, 2.24) is 0 Å². The highest BCUT2D eigenvalue weighted by atomic mass is 16.5. The number of hydrogen-bond acceptors (Lipinski definition) is 3. The Morgan fingerprint density at radius 2 is 1.19 bits per heavy atom. The van der Waals surface area contributed by atoms with Gasteiger partial charge >= 0.3 is 0 Å². The summed E-state index contributed by atoms with van der Waals surface area (Å²) in [5, 5.41) is 0. The largest absolute Gasteiger partial charge is 0.494 e. The molecule has 0 saturated carbocycles. The summed E-state index contributed by atoms with van der Waals surface area (Å²) in [5.74, 6) is -0.252. The van der Waals surface area contributed by atoms with Crippen molar-refractivity contribution < 1.29 is 14.3 Å². The van der Waals surface area contributed by atoms with Gasteiger partial charge in [-0.15, -0.1) is 0 Å². The van der Waals surface area contributed by atoms with Crippen molar-refractivity contribution >= 4 is 17.5 Å². The van der Waals surface area contributed by atoms with Gasteiger partial charge in [-0.05, 0) is 52.9 Å². The van der Waals surface area contributed by atoms with Crippen molar-refractivity contribution in [2.75, 3.05) is 11.5 Å². The van der Waals surface area contributed by atoms with Crippen LogP contribution in [0.15, 0.2) is 72.8 Å². The summed E-state index contributed by atoms with van der Waals surface area (Å²) in [7, 11) is 0. The quantitative estimate of drug-likeness (QED) is 0.415. The van der Waals surface area contributed by atoms with Crippen LogP contribution in [0.25, 0.3) is 0 Å². The minimum atomic E-state index is -0.349. The third-order valence-corrected chi connectivity index (χ3v) is 7.31. The van der Waals surface area contributed by atoms with Crippen molar-refractivity contribution in [2.24, 2.45) is 11.8 Å². The molecule has 0 radical (unpaired) electrons. The fourth-order valence-electron chi connectivity index (χ4n) is 5.96. The molecule has 2 bridgehead atoms. The van der Waals surface area contributed by atoms with E-state index in [1.165, 1.54) is 27.2 Å². The second kappa shape index (κ2) is 7.33. The van der Waals surface area contributed by atoms with Gasteiger partial charge in [0.25, 0.3) is 0 Å². The van der Waals surface area contributed by atoms with E-state index < -0.39 is 0 Å². The average molecular weight is 424 g/mol. The number of carbonyl (C=O) groups is 2. The van der Waals surface area contributed by atoms with E-state index >= 15 is 0 Å². The lowest BCUT2D eigenvalue weighted by molar-refractivity contribution is -0.122. The van der Waals surface area contributed by atoms with Crippen LogP contribution < -0.4 is 9.64 Å². The standard InChI is InChI=1S/C28H25NO3/c1-2-3-16-32-18-14-12-17(13-15-18)29-27(30)25-23-19-8-4-5-9-20(19)24(26(25)28(29)31)22-11-7-6-10-21(22)23/h4-15,23-26H,2-3,16H2,1H3/t23?,24?,25-,26+. The maximum absolute atomic E-state index is 13.7. The summed E-state index contributed by atoms with van der Waals surface area (Å²) in [4.78, 5) is 28.9. The van der Waals surface area contributed by atoms with Gasteiger partial charge in [0.1, 0.15) is 5.75 Å². The Labute approximate surface area is 187 Å². The number of carbonyl (C=O) groups excluding carboxylic acids is 2. The Hall–Kier alpha value is -3.40. The molecule has 3 aliphatic carbocycles. The molecule has 1 fully saturated rings. The van der Waals surface area contributed by atoms with Crippen molar-refractivity contribution in [3.05, 3.63) is 95.1 Å². The molecule has 1 heterocycles. The average Bonchev–Trinajstić information content (AvgIpc) is 3.10. The Morgan fingerprint density at radius 3 is 1.62 bits per heavy atom. The zero-order valence-electron chi connectivity index (χ0n) is 18.0. The van der Waals surface area contributed by atoms with Crippen LogP contribution in [-0.2, 0) is 9.59 Å². The first kappa shape index (κ1) is 19.3. The summed E-state index contributed by atoms with van der Waals surface area (Å²) in [6.07, 6.45) is 2.07. The molecule has 3 aromatic rings. The smallest absolute Gasteiger partial charge is 0.238 e. The van der Waals surface area contributed by atoms with Gasteiger partial charge in [-0.1, -0.05) is 61.9 Å². The molecule has 0 aromatic heterocycles. The number of unbranched alkanes of at least 4 members (excludes halogenated alkanes) is 1. The lowest BCUT2D eigenvalue weighted by atomic mass is 9.55. The third kappa shape index (κ3) is 2.62. The van der Waals surface area contributed by atoms with Gasteiger partial charge in [0.2, 0.25) is 11.8 Å². The molecule has 0 spiro atoms. The zero-order chi connectivity index (χ0) is 21.8. The fraction of sp³-hybridized carbons (Fsp3) is 0.286. The molecule has 0 unspecified atom stereocenters. The number of imide groups is 1. The highest BCUT2D eigenvalue weighted by molar-refractivity contribution is 6.23. The van der Waals surface area contributed by atoms with Crippen LogP contribution in [0.3, 0.4) is 0 Å². The van der Waals surface area contributed by atoms with E-state index in [0.29, 0.717) is 12.3 Å². The molecule has 160 valence electrons. The Morgan fingerprint density at radius 1 is 0.719 bits per heavy atom. The van der Waals surface area contributed by atoms with E-state index in [1.807, 2.05) is 48.5 Å². The third-order valence-electron chi connectivity index (χ3n) is 7.31. The van der Waals surface area contributed by atoms with E-state index in [0.717, 1.165) is 18.6 Å². The second-order valence-corrected chi connectivity index (χ2v) is 8.97. The minimum absolute atomic E-state index is 0.0736. The first-order valence-electron chi connectivity index (χ1n) is 11.5. The van der Waals surface area contributed by atoms with Crippen LogP contribution in [0, 0.1) is 11.8 Å². The second-order valence-electron chi connectivity index (χ2n) is 8.97. The fourth-order valence-corrected chi connectivity index (χ4v) is 5.96. The number of ether oxygens (including phenoxy) is 1. The van der Waals surface area contributed by atoms with Crippen molar-refractivity contribution in [1.29, 1.82) is 0 Å². The number of nitrogens with zero attached hydrogens (tertiary/aromatic N) is 1. The molecular weight excluding hydrogens is 398 g/mol. The van der Waals surface area contributed by atoms with Gasteiger partial charge in [-0.25, -0.2) is 4.90 Å². The number of anilines is 1. The predicted molar refractivity (Wildman–Crippen MR) is 123 cm³/mol. The van der Waals surface area contributed by atoms with Crippen LogP contribution in [0.4, 0.5) is 5.69 Å². The zero-order valence-corrected chi connectivity index (χ0v) is 18.0. The molecule has 2 amide bonds. The Balaban J connectivity index is 1.39. The van der Waals surface area contributed by atoms with E-state index in [4.69, 9.17) is 4.74 Å². The molecule has 4 heteroatoms. The highest BCUT2D eigenvalue weighted by Crippen LogP contribution is 2.61. The van der Waals surface area contributed by atoms with Crippen molar-refractivity contribution in [3.8, 4) is 5.75 Å². The predicted octanol–water partition coefficient (Wildman–Crippen LogP) is 5.26. The molecule has 4 nitrogen and oxygen atoms in total. The number of amides is 2. The number of rotatable bonds is 5. The summed E-state index contributed by atoms with van der Waals surface area (Å²) >= 11 is 0. The van der Waals surface area contributed by atoms with Crippen LogP contribution in [-0.4, -0.2) is 18.4 Å². The van der Waals surface area contributed by atoms with Gasteiger partial charge in [0.05, 0.1) is 24.1 Å². The normalized spacial score (nSPS) is 24.8. The maximum atomic E-state index is 13.7. The van der Waals surface area contributed by atoms with Crippen molar-refractivity contribution in [3.63, 3.8) is 0 Å². The molecule has 3 aromatic carbocycles. The summed E-state index contributed by atoms with van der Waals surface area (Å²) in [6, 6.07) is 24.0. The first-order chi connectivity index (χ1) is 15.7. The highest BCUT2D eigenvalue weighted by Gasteiger charge is 2.61. The van der Waals surface area contributed by atoms with E-state index in [1.54, 1.807) is 0 Å². The van der Waals surface area contributed by atoms with Crippen LogP contribution in [0.5, 0.6) is 5.75 Å². The monoisotopic (exact) mass is 423 g/mol. The number of hydrogen-bond donors (Lipinski definition) is 0. The summed E-state index contributed by atoms with van der Waals surface area (Å²) < 4.78 is 5.75. The lowest BCUT2D eigenvalue weighted by Crippen LogP contribution is -2.41. The number of benzene rings is 3. The Bertz CT molecular complexity index is 1100. The molecule has 1 saturated heterocycles. The molecule has 4 aliphatic rings. The van der Waals surface area contributed by atoms with Gasteiger partial charge < -0.3 is 4.74 Å². The molecule has 0 N–H and O–H groups in total. The molecule has 1 aliphatic heterocycles. The summed E-state index contributed by atoms with van der Waals surface area (Å²) in [6.45, 7) is 2.79. The van der Waals surface area contributed by atoms with Crippen LogP contribution in [0.2, 0.25) is 0 Å². The van der Waals surface area contributed by atoms with E-state index in [9.17, 15) is 9.59 Å². The lowest BCUT2D eigenvalue weighted by Gasteiger charge is -2.45. The van der Waals surface area contributed by atoms with Crippen molar-refractivity contribution in [2.45, 2.75) is 31.6 Å². The van der Waals surface area contributed by atoms with Crippen LogP contribution in [0.1, 0.15) is 53.9 Å². The molecular formula is C28H25NO3. The van der Waals surface area contributed by atoms with Gasteiger partial charge in [-0.3, -0.25) is 9.59 Å². The summed E-state index contributed by atoms with van der Waals surface area (Å²) in [5.41, 5.74) is 5.41. The first-order valence-corrected chi connectivity index (χ1v) is 11.5. The molecule has 32 heavy (non-hydrogen) atoms. The maximum Gasteiger partial charge on any atom is 0.238 e. The van der Waals surface area contributed by atoms with E-state index in [2.05, 4.69) is 31.2 Å². The molecule has 7 rings (SSSR count). The van der Waals surface area contributed by atoms with Gasteiger partial charge in [-0.2, -0.15) is 0 Å². The van der Waals surface area contributed by atoms with Crippen LogP contribution >= 0.6 is 0 Å². The van der Waals surface area contributed by atoms with Gasteiger partial charge in [0.15, 0.2) is 0 Å². The molecule has 2 atom stereocenters.